The van der Waals surface area contributed by atoms with Crippen molar-refractivity contribution in [3.05, 3.63) is 47.0 Å². The van der Waals surface area contributed by atoms with E-state index in [1.54, 1.807) is 18.2 Å². The summed E-state index contributed by atoms with van der Waals surface area (Å²) in [6.45, 7) is -0.481. The number of sulfonamides is 1. The van der Waals surface area contributed by atoms with E-state index in [4.69, 9.17) is 25.8 Å². The fraction of sp³-hybridized carbons (Fsp3) is 0.263. The van der Waals surface area contributed by atoms with Crippen LogP contribution in [0.4, 0.5) is 5.69 Å². The molecular weight excluding hydrogens is 434 g/mol. The first-order valence-electron chi connectivity index (χ1n) is 8.54. The molecule has 0 aromatic heterocycles. The average Bonchev–Trinajstić information content (AvgIpc) is 2.71. The number of carbonyl (C=O) groups excluding carboxylic acids is 1. The molecule has 0 saturated heterocycles. The summed E-state index contributed by atoms with van der Waals surface area (Å²) in [4.78, 5) is 12.3. The summed E-state index contributed by atoms with van der Waals surface area (Å²) in [6, 6.07) is 9.51. The molecule has 0 saturated carbocycles. The number of halogens is 1. The van der Waals surface area contributed by atoms with Crippen molar-refractivity contribution in [2.24, 2.45) is 5.10 Å². The van der Waals surface area contributed by atoms with Crippen molar-refractivity contribution in [1.82, 2.24) is 5.43 Å². The molecule has 1 amide bonds. The number of hydrogen-bond acceptors (Lipinski definition) is 7. The Labute approximate surface area is 180 Å². The Balaban J connectivity index is 2.12. The van der Waals surface area contributed by atoms with Crippen LogP contribution in [0.15, 0.2) is 41.5 Å². The van der Waals surface area contributed by atoms with Crippen molar-refractivity contribution in [3.63, 3.8) is 0 Å². The van der Waals surface area contributed by atoms with E-state index in [1.165, 1.54) is 45.7 Å². The second-order valence-corrected chi connectivity index (χ2v) is 8.31. The van der Waals surface area contributed by atoms with Crippen LogP contribution in [-0.4, -0.2) is 54.7 Å². The minimum absolute atomic E-state index is 0.218. The SMILES string of the molecule is COc1ccc(N(CC(=O)N/N=C\c2ccc(OC)c(OC)c2)S(C)(=O)=O)cc1Cl. The number of rotatable bonds is 9. The predicted molar refractivity (Wildman–Crippen MR) is 115 cm³/mol. The van der Waals surface area contributed by atoms with Crippen LogP contribution in [0.5, 0.6) is 17.2 Å². The highest BCUT2D eigenvalue weighted by molar-refractivity contribution is 7.92. The topological polar surface area (TPSA) is 107 Å². The molecule has 0 spiro atoms. The predicted octanol–water partition coefficient (Wildman–Crippen LogP) is 2.28. The normalized spacial score (nSPS) is 11.2. The van der Waals surface area contributed by atoms with Crippen LogP contribution in [0.1, 0.15) is 5.56 Å². The third-order valence-electron chi connectivity index (χ3n) is 3.92. The Bertz CT molecular complexity index is 1040. The lowest BCUT2D eigenvalue weighted by atomic mass is 10.2. The summed E-state index contributed by atoms with van der Waals surface area (Å²) in [7, 11) is 0.720. The van der Waals surface area contributed by atoms with Gasteiger partial charge in [0.1, 0.15) is 12.3 Å². The van der Waals surface area contributed by atoms with Crippen LogP contribution in [0, 0.1) is 0 Å². The molecule has 11 heteroatoms. The molecule has 0 aliphatic carbocycles. The van der Waals surface area contributed by atoms with Crippen molar-refractivity contribution < 1.29 is 27.4 Å². The van der Waals surface area contributed by atoms with Crippen molar-refractivity contribution in [2.45, 2.75) is 0 Å². The Kier molecular flexibility index (Phi) is 7.90. The molecular formula is C19H22ClN3O6S. The van der Waals surface area contributed by atoms with Crippen LogP contribution in [0.25, 0.3) is 0 Å². The Morgan fingerprint density at radius 2 is 1.70 bits per heavy atom. The van der Waals surface area contributed by atoms with Gasteiger partial charge >= 0.3 is 0 Å². The van der Waals surface area contributed by atoms with Gasteiger partial charge in [-0.05, 0) is 42.0 Å². The van der Waals surface area contributed by atoms with E-state index in [-0.39, 0.29) is 10.7 Å². The van der Waals surface area contributed by atoms with Gasteiger partial charge in [0, 0.05) is 0 Å². The summed E-state index contributed by atoms with van der Waals surface area (Å²) in [5.41, 5.74) is 3.17. The zero-order valence-electron chi connectivity index (χ0n) is 16.9. The minimum atomic E-state index is -3.75. The largest absolute Gasteiger partial charge is 0.495 e. The molecule has 0 atom stereocenters. The third-order valence-corrected chi connectivity index (χ3v) is 5.36. The van der Waals surface area contributed by atoms with Gasteiger partial charge in [-0.1, -0.05) is 11.6 Å². The van der Waals surface area contributed by atoms with Crippen LogP contribution in [0.2, 0.25) is 5.02 Å². The molecule has 0 aliphatic heterocycles. The number of benzene rings is 2. The highest BCUT2D eigenvalue weighted by Gasteiger charge is 2.21. The zero-order chi connectivity index (χ0) is 22.3. The van der Waals surface area contributed by atoms with Crippen LogP contribution in [-0.2, 0) is 14.8 Å². The quantitative estimate of drug-likeness (QED) is 0.459. The highest BCUT2D eigenvalue weighted by Crippen LogP contribution is 2.30. The molecule has 2 rings (SSSR count). The first-order valence-corrected chi connectivity index (χ1v) is 10.8. The zero-order valence-corrected chi connectivity index (χ0v) is 18.5. The number of ether oxygens (including phenoxy) is 3. The maximum Gasteiger partial charge on any atom is 0.260 e. The van der Waals surface area contributed by atoms with Crippen LogP contribution < -0.4 is 23.9 Å². The molecule has 0 bridgehead atoms. The molecule has 2 aromatic rings. The first-order chi connectivity index (χ1) is 14.2. The van der Waals surface area contributed by atoms with Gasteiger partial charge in [0.2, 0.25) is 10.0 Å². The average molecular weight is 456 g/mol. The summed E-state index contributed by atoms with van der Waals surface area (Å²) in [5.74, 6) is 0.815. The Morgan fingerprint density at radius 1 is 1.07 bits per heavy atom. The number of amides is 1. The van der Waals surface area contributed by atoms with E-state index < -0.39 is 22.5 Å². The Morgan fingerprint density at radius 3 is 2.27 bits per heavy atom. The van der Waals surface area contributed by atoms with E-state index in [9.17, 15) is 13.2 Å². The van der Waals surface area contributed by atoms with Gasteiger partial charge in [-0.2, -0.15) is 5.10 Å². The number of nitrogens with zero attached hydrogens (tertiary/aromatic N) is 2. The molecule has 9 nitrogen and oxygen atoms in total. The number of hydrazone groups is 1. The lowest BCUT2D eigenvalue weighted by Crippen LogP contribution is -2.39. The van der Waals surface area contributed by atoms with E-state index in [2.05, 4.69) is 10.5 Å². The molecule has 1 N–H and O–H groups in total. The van der Waals surface area contributed by atoms with Gasteiger partial charge in [0.15, 0.2) is 11.5 Å². The van der Waals surface area contributed by atoms with Gasteiger partial charge < -0.3 is 14.2 Å². The summed E-state index contributed by atoms with van der Waals surface area (Å²) >= 11 is 6.07. The number of anilines is 1. The van der Waals surface area contributed by atoms with E-state index >= 15 is 0 Å². The van der Waals surface area contributed by atoms with E-state index in [0.29, 0.717) is 22.8 Å². The lowest BCUT2D eigenvalue weighted by Gasteiger charge is -2.22. The molecule has 0 unspecified atom stereocenters. The van der Waals surface area contributed by atoms with Gasteiger partial charge in [-0.25, -0.2) is 13.8 Å². The summed E-state index contributed by atoms with van der Waals surface area (Å²) in [6.07, 6.45) is 2.39. The van der Waals surface area contributed by atoms with Crippen molar-refractivity contribution >= 4 is 39.4 Å². The highest BCUT2D eigenvalue weighted by atomic mass is 35.5. The van der Waals surface area contributed by atoms with Crippen LogP contribution in [0.3, 0.4) is 0 Å². The van der Waals surface area contributed by atoms with Crippen molar-refractivity contribution in [3.8, 4) is 17.2 Å². The van der Waals surface area contributed by atoms with Crippen molar-refractivity contribution in [2.75, 3.05) is 38.4 Å². The third kappa shape index (κ3) is 6.01. The van der Waals surface area contributed by atoms with Gasteiger partial charge in [0.25, 0.3) is 5.91 Å². The molecule has 30 heavy (non-hydrogen) atoms. The number of carbonyl (C=O) groups is 1. The monoisotopic (exact) mass is 455 g/mol. The smallest absolute Gasteiger partial charge is 0.260 e. The second kappa shape index (κ2) is 10.2. The molecule has 2 aromatic carbocycles. The van der Waals surface area contributed by atoms with E-state index in [1.807, 2.05) is 0 Å². The number of nitrogens with one attached hydrogen (secondary N) is 1. The lowest BCUT2D eigenvalue weighted by molar-refractivity contribution is -0.119. The molecule has 0 aliphatic rings. The van der Waals surface area contributed by atoms with Crippen LogP contribution >= 0.6 is 11.6 Å². The maximum atomic E-state index is 12.3. The fourth-order valence-corrected chi connectivity index (χ4v) is 3.59. The van der Waals surface area contributed by atoms with Gasteiger partial charge in [-0.15, -0.1) is 0 Å². The first kappa shape index (κ1) is 23.3. The molecule has 162 valence electrons. The molecule has 0 radical (unpaired) electrons. The van der Waals surface area contributed by atoms with Gasteiger partial charge in [0.05, 0.1) is 44.5 Å². The number of hydrogen-bond donors (Lipinski definition) is 1. The second-order valence-electron chi connectivity index (χ2n) is 6.00. The maximum absolute atomic E-state index is 12.3. The van der Waals surface area contributed by atoms with Gasteiger partial charge in [-0.3, -0.25) is 9.10 Å². The standard InChI is InChI=1S/C19H22ClN3O6S/c1-27-16-8-6-14(10-15(16)20)23(30(4,25)26)12-19(24)22-21-11-13-5-7-17(28-2)18(9-13)29-3/h5-11H,12H2,1-4H3,(H,22,24)/b21-11-. The Hall–Kier alpha value is -2.98. The molecule has 0 fully saturated rings. The fourth-order valence-electron chi connectivity index (χ4n) is 2.49. The van der Waals surface area contributed by atoms with Crippen molar-refractivity contribution in [1.29, 1.82) is 0 Å². The molecule has 0 heterocycles. The summed E-state index contributed by atoms with van der Waals surface area (Å²) in [5, 5.41) is 4.08. The number of methoxy groups -OCH3 is 3. The van der Waals surface area contributed by atoms with E-state index in [0.717, 1.165) is 10.6 Å². The minimum Gasteiger partial charge on any atom is -0.495 e. The summed E-state index contributed by atoms with van der Waals surface area (Å²) < 4.78 is 40.7.